The van der Waals surface area contributed by atoms with Gasteiger partial charge in [-0.25, -0.2) is 4.39 Å². The number of hydrogen-bond donors (Lipinski definition) is 2. The van der Waals surface area contributed by atoms with Crippen LogP contribution < -0.4 is 10.6 Å². The largest absolute Gasteiger partial charge is 0.354 e. The standard InChI is InChI=1S/C14H20FN3O/c1-18(2)13(10-3-5-12(15)6-4-10)9-17-14(19)11-7-16-8-11/h3-6,11,13,16H,7-9H2,1-2H3,(H,17,19). The molecule has 0 bridgehead atoms. The van der Waals surface area contributed by atoms with Gasteiger partial charge in [-0.05, 0) is 31.8 Å². The Morgan fingerprint density at radius 1 is 1.42 bits per heavy atom. The summed E-state index contributed by atoms with van der Waals surface area (Å²) in [4.78, 5) is 13.8. The summed E-state index contributed by atoms with van der Waals surface area (Å²) in [5.41, 5.74) is 0.999. The summed E-state index contributed by atoms with van der Waals surface area (Å²) in [6.45, 7) is 2.05. The number of amides is 1. The Balaban J connectivity index is 1.95. The lowest BCUT2D eigenvalue weighted by atomic mass is 10.0. The Hall–Kier alpha value is -1.46. The lowest BCUT2D eigenvalue weighted by molar-refractivity contribution is -0.126. The average molecular weight is 265 g/mol. The van der Waals surface area contributed by atoms with Crippen molar-refractivity contribution in [3.63, 3.8) is 0 Å². The van der Waals surface area contributed by atoms with Crippen molar-refractivity contribution in [1.29, 1.82) is 0 Å². The van der Waals surface area contributed by atoms with E-state index in [-0.39, 0.29) is 23.7 Å². The predicted octanol–water partition coefficient (Wildman–Crippen LogP) is 0.764. The predicted molar refractivity (Wildman–Crippen MR) is 72.2 cm³/mol. The number of carbonyl (C=O) groups is 1. The van der Waals surface area contributed by atoms with Gasteiger partial charge in [0.15, 0.2) is 0 Å². The molecule has 0 spiro atoms. The Morgan fingerprint density at radius 2 is 2.05 bits per heavy atom. The molecule has 1 aromatic rings. The zero-order chi connectivity index (χ0) is 13.8. The van der Waals surface area contributed by atoms with Crippen LogP contribution in [0.2, 0.25) is 0 Å². The van der Waals surface area contributed by atoms with E-state index in [0.29, 0.717) is 6.54 Å². The Labute approximate surface area is 113 Å². The molecule has 5 heteroatoms. The fraction of sp³-hybridized carbons (Fsp3) is 0.500. The quantitative estimate of drug-likeness (QED) is 0.826. The van der Waals surface area contributed by atoms with Crippen LogP contribution in [0.3, 0.4) is 0 Å². The smallest absolute Gasteiger partial charge is 0.225 e. The van der Waals surface area contributed by atoms with Crippen LogP contribution in [0.15, 0.2) is 24.3 Å². The van der Waals surface area contributed by atoms with E-state index in [0.717, 1.165) is 18.7 Å². The van der Waals surface area contributed by atoms with E-state index in [1.165, 1.54) is 12.1 Å². The van der Waals surface area contributed by atoms with Crippen LogP contribution in [0.1, 0.15) is 11.6 Å². The van der Waals surface area contributed by atoms with Gasteiger partial charge in [-0.1, -0.05) is 12.1 Å². The van der Waals surface area contributed by atoms with Gasteiger partial charge in [0.1, 0.15) is 5.82 Å². The van der Waals surface area contributed by atoms with Crippen molar-refractivity contribution in [3.05, 3.63) is 35.6 Å². The molecule has 1 unspecified atom stereocenters. The van der Waals surface area contributed by atoms with Crippen LogP contribution in [-0.4, -0.2) is 44.5 Å². The lowest BCUT2D eigenvalue weighted by Gasteiger charge is -2.29. The number of rotatable bonds is 5. The summed E-state index contributed by atoms with van der Waals surface area (Å²) >= 11 is 0. The van der Waals surface area contributed by atoms with Gasteiger partial charge >= 0.3 is 0 Å². The van der Waals surface area contributed by atoms with E-state index in [2.05, 4.69) is 10.6 Å². The van der Waals surface area contributed by atoms with Crippen molar-refractivity contribution < 1.29 is 9.18 Å². The van der Waals surface area contributed by atoms with Crippen molar-refractivity contribution in [3.8, 4) is 0 Å². The first kappa shape index (κ1) is 14.0. The molecule has 1 fully saturated rings. The molecule has 4 nitrogen and oxygen atoms in total. The summed E-state index contributed by atoms with van der Waals surface area (Å²) in [5.74, 6) is -0.0606. The third-order valence-electron chi connectivity index (χ3n) is 3.50. The lowest BCUT2D eigenvalue weighted by Crippen LogP contribution is -2.51. The van der Waals surface area contributed by atoms with Crippen molar-refractivity contribution in [1.82, 2.24) is 15.5 Å². The van der Waals surface area contributed by atoms with Crippen LogP contribution in [-0.2, 0) is 4.79 Å². The maximum atomic E-state index is 12.9. The second kappa shape index (κ2) is 6.12. The summed E-state index contributed by atoms with van der Waals surface area (Å²) in [6.07, 6.45) is 0. The summed E-state index contributed by atoms with van der Waals surface area (Å²) < 4.78 is 12.9. The minimum absolute atomic E-state index is 0.0533. The molecule has 2 N–H and O–H groups in total. The molecule has 0 aliphatic carbocycles. The van der Waals surface area contributed by atoms with Crippen molar-refractivity contribution in [2.75, 3.05) is 33.7 Å². The van der Waals surface area contributed by atoms with E-state index in [9.17, 15) is 9.18 Å². The average Bonchev–Trinajstić information content (AvgIpc) is 2.29. The highest BCUT2D eigenvalue weighted by atomic mass is 19.1. The van der Waals surface area contributed by atoms with E-state index in [4.69, 9.17) is 0 Å². The first-order valence-corrected chi connectivity index (χ1v) is 6.48. The van der Waals surface area contributed by atoms with Crippen LogP contribution in [0, 0.1) is 11.7 Å². The van der Waals surface area contributed by atoms with Crippen molar-refractivity contribution in [2.24, 2.45) is 5.92 Å². The van der Waals surface area contributed by atoms with Gasteiger partial charge in [-0.3, -0.25) is 4.79 Å². The molecule has 2 rings (SSSR count). The molecule has 104 valence electrons. The molecular weight excluding hydrogens is 245 g/mol. The molecule has 1 saturated heterocycles. The Morgan fingerprint density at radius 3 is 2.53 bits per heavy atom. The highest BCUT2D eigenvalue weighted by molar-refractivity contribution is 5.80. The third-order valence-corrected chi connectivity index (χ3v) is 3.50. The minimum Gasteiger partial charge on any atom is -0.354 e. The topological polar surface area (TPSA) is 44.4 Å². The van der Waals surface area contributed by atoms with Gasteiger partial charge in [0.2, 0.25) is 5.91 Å². The van der Waals surface area contributed by atoms with E-state index < -0.39 is 0 Å². The molecule has 0 saturated carbocycles. The number of benzene rings is 1. The van der Waals surface area contributed by atoms with E-state index in [1.807, 2.05) is 19.0 Å². The monoisotopic (exact) mass is 265 g/mol. The normalized spacial score (nSPS) is 17.1. The number of hydrogen-bond acceptors (Lipinski definition) is 3. The molecule has 19 heavy (non-hydrogen) atoms. The second-order valence-corrected chi connectivity index (χ2v) is 5.13. The van der Waals surface area contributed by atoms with E-state index >= 15 is 0 Å². The van der Waals surface area contributed by atoms with Crippen molar-refractivity contribution >= 4 is 5.91 Å². The summed E-state index contributed by atoms with van der Waals surface area (Å²) in [7, 11) is 3.90. The third kappa shape index (κ3) is 3.52. The molecule has 1 aliphatic heterocycles. The molecule has 1 aliphatic rings. The maximum Gasteiger partial charge on any atom is 0.225 e. The van der Waals surface area contributed by atoms with Crippen LogP contribution in [0.5, 0.6) is 0 Å². The molecule has 1 heterocycles. The van der Waals surface area contributed by atoms with Gasteiger partial charge in [-0.2, -0.15) is 0 Å². The van der Waals surface area contributed by atoms with Crippen molar-refractivity contribution in [2.45, 2.75) is 6.04 Å². The molecule has 1 atom stereocenters. The number of likely N-dealkylation sites (N-methyl/N-ethyl adjacent to an activating group) is 1. The van der Waals surface area contributed by atoms with Gasteiger partial charge in [0.25, 0.3) is 0 Å². The van der Waals surface area contributed by atoms with Crippen LogP contribution in [0.4, 0.5) is 4.39 Å². The second-order valence-electron chi connectivity index (χ2n) is 5.13. The van der Waals surface area contributed by atoms with Crippen LogP contribution in [0.25, 0.3) is 0 Å². The fourth-order valence-electron chi connectivity index (χ4n) is 2.10. The molecule has 0 aromatic heterocycles. The summed E-state index contributed by atoms with van der Waals surface area (Å²) in [6, 6.07) is 6.47. The number of nitrogens with zero attached hydrogens (tertiary/aromatic N) is 1. The highest BCUT2D eigenvalue weighted by Crippen LogP contribution is 2.18. The summed E-state index contributed by atoms with van der Waals surface area (Å²) in [5, 5.41) is 6.04. The number of nitrogens with one attached hydrogen (secondary N) is 2. The molecule has 0 radical (unpaired) electrons. The Bertz CT molecular complexity index is 429. The number of carbonyl (C=O) groups excluding carboxylic acids is 1. The Kier molecular flexibility index (Phi) is 4.50. The fourth-order valence-corrected chi connectivity index (χ4v) is 2.10. The first-order chi connectivity index (χ1) is 9.08. The molecular formula is C14H20FN3O. The zero-order valence-electron chi connectivity index (χ0n) is 11.3. The van der Waals surface area contributed by atoms with Gasteiger partial charge < -0.3 is 15.5 Å². The molecule has 1 amide bonds. The maximum absolute atomic E-state index is 12.9. The SMILES string of the molecule is CN(C)C(CNC(=O)C1CNC1)c1ccc(F)cc1. The highest BCUT2D eigenvalue weighted by Gasteiger charge is 2.25. The minimum atomic E-state index is -0.245. The van der Waals surface area contributed by atoms with Gasteiger partial charge in [0, 0.05) is 19.6 Å². The number of halogens is 1. The van der Waals surface area contributed by atoms with Gasteiger partial charge in [-0.15, -0.1) is 0 Å². The zero-order valence-corrected chi connectivity index (χ0v) is 11.3. The van der Waals surface area contributed by atoms with E-state index in [1.54, 1.807) is 12.1 Å². The molecule has 1 aromatic carbocycles. The van der Waals surface area contributed by atoms with Crippen LogP contribution >= 0.6 is 0 Å². The first-order valence-electron chi connectivity index (χ1n) is 6.48. The van der Waals surface area contributed by atoms with Gasteiger partial charge in [0.05, 0.1) is 12.0 Å².